The highest BCUT2D eigenvalue weighted by Crippen LogP contribution is 2.24. The molecular formula is C12H14BrNO. The monoisotopic (exact) mass is 267 g/mol. The van der Waals surface area contributed by atoms with Gasteiger partial charge in [-0.25, -0.2) is 0 Å². The molecule has 0 aliphatic heterocycles. The van der Waals surface area contributed by atoms with Crippen molar-refractivity contribution in [3.8, 4) is 0 Å². The Balaban J connectivity index is 3.15. The number of allylic oxidation sites excluding steroid dienone is 1. The minimum absolute atomic E-state index is 0.345. The van der Waals surface area contributed by atoms with E-state index in [9.17, 15) is 0 Å². The highest BCUT2D eigenvalue weighted by atomic mass is 79.9. The smallest absolute Gasteiger partial charge is 0.0961 e. The van der Waals surface area contributed by atoms with Crippen LogP contribution < -0.4 is 0 Å². The van der Waals surface area contributed by atoms with Gasteiger partial charge >= 0.3 is 0 Å². The second-order valence-electron chi connectivity index (χ2n) is 3.88. The molecule has 0 saturated heterocycles. The fourth-order valence-corrected chi connectivity index (χ4v) is 1.53. The van der Waals surface area contributed by atoms with Crippen LogP contribution in [0.4, 0.5) is 0 Å². The molecule has 0 aliphatic rings. The van der Waals surface area contributed by atoms with Gasteiger partial charge in [-0.3, -0.25) is 0 Å². The van der Waals surface area contributed by atoms with Crippen LogP contribution in [0.25, 0.3) is 0 Å². The maximum Gasteiger partial charge on any atom is 0.0961 e. The van der Waals surface area contributed by atoms with Gasteiger partial charge in [0.25, 0.3) is 0 Å². The lowest BCUT2D eigenvalue weighted by molar-refractivity contribution is 0.313. The molecule has 0 fully saturated rings. The summed E-state index contributed by atoms with van der Waals surface area (Å²) in [6.07, 6.45) is 1.77. The Labute approximate surface area is 98.4 Å². The van der Waals surface area contributed by atoms with Crippen LogP contribution in [0.5, 0.6) is 0 Å². The standard InChI is InChI=1S/C12H14BrNO/c1-4-12(2,3)11(14-15)9-5-7-10(13)8-6-9/h4-8,15H,1H2,2-3H3. The summed E-state index contributed by atoms with van der Waals surface area (Å²) < 4.78 is 1.000. The minimum Gasteiger partial charge on any atom is -0.411 e. The van der Waals surface area contributed by atoms with E-state index in [1.165, 1.54) is 0 Å². The van der Waals surface area contributed by atoms with Gasteiger partial charge in [0.15, 0.2) is 0 Å². The molecule has 0 unspecified atom stereocenters. The summed E-state index contributed by atoms with van der Waals surface area (Å²) in [4.78, 5) is 0. The van der Waals surface area contributed by atoms with E-state index in [2.05, 4.69) is 27.7 Å². The molecule has 0 amide bonds. The third-order valence-corrected chi connectivity index (χ3v) is 2.87. The van der Waals surface area contributed by atoms with Gasteiger partial charge in [0.1, 0.15) is 0 Å². The quantitative estimate of drug-likeness (QED) is 0.384. The van der Waals surface area contributed by atoms with Crippen molar-refractivity contribution in [1.29, 1.82) is 0 Å². The Morgan fingerprint density at radius 3 is 2.33 bits per heavy atom. The lowest BCUT2D eigenvalue weighted by atomic mass is 9.84. The first-order valence-corrected chi connectivity index (χ1v) is 5.42. The molecule has 0 heterocycles. The molecule has 1 rings (SSSR count). The highest BCUT2D eigenvalue weighted by molar-refractivity contribution is 9.10. The van der Waals surface area contributed by atoms with E-state index in [1.54, 1.807) is 6.08 Å². The molecule has 1 N–H and O–H groups in total. The summed E-state index contributed by atoms with van der Waals surface area (Å²) in [5.41, 5.74) is 1.17. The summed E-state index contributed by atoms with van der Waals surface area (Å²) in [7, 11) is 0. The van der Waals surface area contributed by atoms with Gasteiger partial charge in [0.2, 0.25) is 0 Å². The molecule has 1 aromatic carbocycles. The minimum atomic E-state index is -0.345. The van der Waals surface area contributed by atoms with Gasteiger partial charge in [-0.15, -0.1) is 6.58 Å². The van der Waals surface area contributed by atoms with Gasteiger partial charge in [-0.2, -0.15) is 0 Å². The zero-order valence-corrected chi connectivity index (χ0v) is 10.5. The van der Waals surface area contributed by atoms with Crippen LogP contribution in [-0.4, -0.2) is 10.9 Å². The van der Waals surface area contributed by atoms with Gasteiger partial charge < -0.3 is 5.21 Å². The highest BCUT2D eigenvalue weighted by Gasteiger charge is 2.23. The van der Waals surface area contributed by atoms with E-state index >= 15 is 0 Å². The lowest BCUT2D eigenvalue weighted by Gasteiger charge is -2.21. The van der Waals surface area contributed by atoms with Crippen molar-refractivity contribution in [2.75, 3.05) is 0 Å². The van der Waals surface area contributed by atoms with Crippen LogP contribution in [0, 0.1) is 5.41 Å². The first-order valence-electron chi connectivity index (χ1n) is 4.63. The number of nitrogens with zero attached hydrogens (tertiary/aromatic N) is 1. The molecule has 0 saturated carbocycles. The topological polar surface area (TPSA) is 32.6 Å². The van der Waals surface area contributed by atoms with Gasteiger partial charge in [-0.1, -0.05) is 53.1 Å². The average molecular weight is 268 g/mol. The number of hydrogen-bond donors (Lipinski definition) is 1. The molecule has 2 nitrogen and oxygen atoms in total. The first-order chi connectivity index (χ1) is 7.01. The maximum absolute atomic E-state index is 9.04. The molecule has 3 heteroatoms. The Bertz CT molecular complexity index is 379. The summed E-state index contributed by atoms with van der Waals surface area (Å²) in [5, 5.41) is 12.4. The fraction of sp³-hybridized carbons (Fsp3) is 0.250. The van der Waals surface area contributed by atoms with Crippen molar-refractivity contribution in [2.45, 2.75) is 13.8 Å². The largest absolute Gasteiger partial charge is 0.411 e. The van der Waals surface area contributed by atoms with E-state index in [0.29, 0.717) is 5.71 Å². The lowest BCUT2D eigenvalue weighted by Crippen LogP contribution is -2.22. The van der Waals surface area contributed by atoms with E-state index in [-0.39, 0.29) is 5.41 Å². The molecule has 0 radical (unpaired) electrons. The molecule has 0 spiro atoms. The van der Waals surface area contributed by atoms with E-state index in [4.69, 9.17) is 5.21 Å². The fourth-order valence-electron chi connectivity index (χ4n) is 1.26. The Morgan fingerprint density at radius 1 is 1.40 bits per heavy atom. The van der Waals surface area contributed by atoms with Crippen LogP contribution in [0.15, 0.2) is 46.5 Å². The van der Waals surface area contributed by atoms with Crippen LogP contribution in [-0.2, 0) is 0 Å². The summed E-state index contributed by atoms with van der Waals surface area (Å²) in [6.45, 7) is 7.65. The summed E-state index contributed by atoms with van der Waals surface area (Å²) in [5.74, 6) is 0. The third kappa shape index (κ3) is 2.69. The van der Waals surface area contributed by atoms with Crippen molar-refractivity contribution in [3.63, 3.8) is 0 Å². The van der Waals surface area contributed by atoms with Crippen molar-refractivity contribution < 1.29 is 5.21 Å². The first kappa shape index (κ1) is 12.0. The predicted octanol–water partition coefficient (Wildman–Crippen LogP) is 3.84. The molecule has 15 heavy (non-hydrogen) atoms. The second-order valence-corrected chi connectivity index (χ2v) is 4.80. The van der Waals surface area contributed by atoms with E-state index < -0.39 is 0 Å². The molecule has 0 aliphatic carbocycles. The average Bonchev–Trinajstić information content (AvgIpc) is 2.22. The summed E-state index contributed by atoms with van der Waals surface area (Å²) in [6, 6.07) is 7.65. The van der Waals surface area contributed by atoms with Crippen molar-refractivity contribution in [3.05, 3.63) is 47.0 Å². The van der Waals surface area contributed by atoms with E-state index in [0.717, 1.165) is 10.0 Å². The van der Waals surface area contributed by atoms with Crippen molar-refractivity contribution in [1.82, 2.24) is 0 Å². The summed E-state index contributed by atoms with van der Waals surface area (Å²) >= 11 is 3.36. The Kier molecular flexibility index (Phi) is 3.69. The molecular weight excluding hydrogens is 254 g/mol. The number of halogens is 1. The van der Waals surface area contributed by atoms with Gasteiger partial charge in [0, 0.05) is 15.5 Å². The SMILES string of the molecule is C=CC(C)(C)C(=NO)c1ccc(Br)cc1. The molecule has 0 bridgehead atoms. The van der Waals surface area contributed by atoms with Crippen LogP contribution in [0.2, 0.25) is 0 Å². The zero-order valence-electron chi connectivity index (χ0n) is 8.87. The Morgan fingerprint density at radius 2 is 1.93 bits per heavy atom. The zero-order chi connectivity index (χ0) is 11.5. The molecule has 1 aromatic rings. The number of benzene rings is 1. The van der Waals surface area contributed by atoms with E-state index in [1.807, 2.05) is 38.1 Å². The van der Waals surface area contributed by atoms with Gasteiger partial charge in [-0.05, 0) is 12.1 Å². The normalized spacial score (nSPS) is 12.6. The third-order valence-electron chi connectivity index (χ3n) is 2.34. The molecule has 0 aromatic heterocycles. The van der Waals surface area contributed by atoms with Crippen molar-refractivity contribution in [2.24, 2.45) is 10.6 Å². The van der Waals surface area contributed by atoms with Crippen LogP contribution in [0.3, 0.4) is 0 Å². The Hall–Kier alpha value is -1.09. The van der Waals surface area contributed by atoms with Gasteiger partial charge in [0.05, 0.1) is 5.71 Å². The number of hydrogen-bond acceptors (Lipinski definition) is 2. The number of oxime groups is 1. The molecule has 80 valence electrons. The van der Waals surface area contributed by atoms with Crippen LogP contribution in [0.1, 0.15) is 19.4 Å². The van der Waals surface area contributed by atoms with Crippen molar-refractivity contribution >= 4 is 21.6 Å². The predicted molar refractivity (Wildman–Crippen MR) is 66.4 cm³/mol. The van der Waals surface area contributed by atoms with Crippen LogP contribution >= 0.6 is 15.9 Å². The maximum atomic E-state index is 9.04. The number of rotatable bonds is 3. The molecule has 0 atom stereocenters. The second kappa shape index (κ2) is 4.62.